The van der Waals surface area contributed by atoms with Crippen molar-refractivity contribution in [1.29, 1.82) is 0 Å². The summed E-state index contributed by atoms with van der Waals surface area (Å²) in [7, 11) is 0. The average Bonchev–Trinajstić information content (AvgIpc) is 3.08. The van der Waals surface area contributed by atoms with Crippen LogP contribution in [0.5, 0.6) is 0 Å². The number of aryl methyl sites for hydroxylation is 1. The van der Waals surface area contributed by atoms with E-state index in [-0.39, 0.29) is 17.6 Å². The van der Waals surface area contributed by atoms with Gasteiger partial charge in [0.2, 0.25) is 0 Å². The molecule has 1 fully saturated rings. The van der Waals surface area contributed by atoms with E-state index in [2.05, 4.69) is 5.10 Å². The molecule has 0 saturated carbocycles. The topological polar surface area (TPSA) is 66.1 Å². The van der Waals surface area contributed by atoms with Crippen molar-refractivity contribution in [2.75, 3.05) is 0 Å². The maximum atomic E-state index is 12.8. The van der Waals surface area contributed by atoms with Crippen molar-refractivity contribution >= 4 is 28.9 Å². The second kappa shape index (κ2) is 4.95. The Bertz CT molecular complexity index is 851. The molecule has 1 saturated heterocycles. The van der Waals surface area contributed by atoms with Gasteiger partial charge in [-0.25, -0.2) is 14.3 Å². The first kappa shape index (κ1) is 15.0. The van der Waals surface area contributed by atoms with Gasteiger partial charge in [0.1, 0.15) is 17.5 Å². The van der Waals surface area contributed by atoms with E-state index in [1.807, 2.05) is 19.9 Å². The van der Waals surface area contributed by atoms with Crippen molar-refractivity contribution in [3.05, 3.63) is 37.7 Å². The van der Waals surface area contributed by atoms with Crippen LogP contribution in [0.3, 0.4) is 0 Å². The molecule has 4 rings (SSSR count). The molecule has 2 aliphatic rings. The second-order valence-corrected chi connectivity index (χ2v) is 8.35. The third-order valence-corrected chi connectivity index (χ3v) is 5.93. The molecule has 0 spiro atoms. The summed E-state index contributed by atoms with van der Waals surface area (Å²) in [4.78, 5) is 26.0. The highest BCUT2D eigenvalue weighted by Gasteiger charge is 2.53. The molecule has 2 aromatic heterocycles. The van der Waals surface area contributed by atoms with Crippen molar-refractivity contribution in [3.8, 4) is 0 Å². The number of ether oxygens (including phenoxy) is 1. The standard InChI is InChI=1S/C15H16ClN3O3S/c1-15(2)9-4-6-11-17-18(7-8-3-5-10(16)23-8)14(21)19(11)12(9)13(20)22-15/h3,5,9,12H,4,6-7H2,1-2H3. The summed E-state index contributed by atoms with van der Waals surface area (Å²) in [5, 5.41) is 4.42. The van der Waals surface area contributed by atoms with Gasteiger partial charge in [-0.2, -0.15) is 5.10 Å². The van der Waals surface area contributed by atoms with E-state index in [1.54, 1.807) is 6.07 Å². The summed E-state index contributed by atoms with van der Waals surface area (Å²) in [5.41, 5.74) is -0.795. The van der Waals surface area contributed by atoms with E-state index in [9.17, 15) is 9.59 Å². The molecule has 2 aliphatic heterocycles. The number of carbonyl (C=O) groups is 1. The third kappa shape index (κ3) is 2.25. The van der Waals surface area contributed by atoms with Crippen molar-refractivity contribution in [2.24, 2.45) is 5.92 Å². The summed E-state index contributed by atoms with van der Waals surface area (Å²) < 4.78 is 9.11. The molecule has 2 aromatic rings. The molecule has 0 N–H and O–H groups in total. The van der Waals surface area contributed by atoms with Crippen LogP contribution in [0.15, 0.2) is 16.9 Å². The van der Waals surface area contributed by atoms with Crippen molar-refractivity contribution < 1.29 is 9.53 Å². The number of esters is 1. The Morgan fingerprint density at radius 2 is 2.22 bits per heavy atom. The number of cyclic esters (lactones) is 1. The van der Waals surface area contributed by atoms with Gasteiger partial charge < -0.3 is 4.74 Å². The molecular weight excluding hydrogens is 338 g/mol. The van der Waals surface area contributed by atoms with Crippen LogP contribution in [-0.2, 0) is 22.5 Å². The van der Waals surface area contributed by atoms with Crippen molar-refractivity contribution in [2.45, 2.75) is 44.9 Å². The Morgan fingerprint density at radius 1 is 1.43 bits per heavy atom. The predicted molar refractivity (Wildman–Crippen MR) is 85.9 cm³/mol. The largest absolute Gasteiger partial charge is 0.458 e. The molecule has 0 bridgehead atoms. The first-order chi connectivity index (χ1) is 10.9. The Labute approximate surface area is 141 Å². The lowest BCUT2D eigenvalue weighted by atomic mass is 9.81. The number of hydrogen-bond donors (Lipinski definition) is 0. The zero-order valence-corrected chi connectivity index (χ0v) is 14.4. The quantitative estimate of drug-likeness (QED) is 0.777. The van der Waals surface area contributed by atoms with E-state index in [0.717, 1.165) is 11.3 Å². The minimum atomic E-state index is -0.554. The van der Waals surface area contributed by atoms with E-state index < -0.39 is 11.6 Å². The number of nitrogens with zero attached hydrogens (tertiary/aromatic N) is 3. The zero-order chi connectivity index (χ0) is 16.4. The maximum absolute atomic E-state index is 12.8. The number of hydrogen-bond acceptors (Lipinski definition) is 5. The molecule has 0 amide bonds. The zero-order valence-electron chi connectivity index (χ0n) is 12.8. The monoisotopic (exact) mass is 353 g/mol. The normalized spacial score (nSPS) is 25.1. The van der Waals surface area contributed by atoms with Crippen LogP contribution in [0.1, 0.15) is 37.0 Å². The van der Waals surface area contributed by atoms with Gasteiger partial charge in [0, 0.05) is 17.2 Å². The van der Waals surface area contributed by atoms with Crippen molar-refractivity contribution in [3.63, 3.8) is 0 Å². The minimum Gasteiger partial charge on any atom is -0.458 e. The Hall–Kier alpha value is -1.60. The number of thiophene rings is 1. The van der Waals surface area contributed by atoms with E-state index in [0.29, 0.717) is 23.1 Å². The fraction of sp³-hybridized carbons (Fsp3) is 0.533. The van der Waals surface area contributed by atoms with Gasteiger partial charge in [0.15, 0.2) is 0 Å². The SMILES string of the molecule is CC1(C)OC(=O)C2C1CCc1nn(Cc3ccc(Cl)s3)c(=O)n12. The second-order valence-electron chi connectivity index (χ2n) is 6.55. The summed E-state index contributed by atoms with van der Waals surface area (Å²) in [6, 6.07) is 3.13. The number of rotatable bonds is 2. The highest BCUT2D eigenvalue weighted by molar-refractivity contribution is 7.16. The molecule has 0 aliphatic carbocycles. The number of halogens is 1. The van der Waals surface area contributed by atoms with Crippen LogP contribution in [0.2, 0.25) is 4.34 Å². The van der Waals surface area contributed by atoms with E-state index in [1.165, 1.54) is 20.6 Å². The molecule has 6 nitrogen and oxygen atoms in total. The van der Waals surface area contributed by atoms with Crippen LogP contribution in [0.4, 0.5) is 0 Å². The van der Waals surface area contributed by atoms with Crippen LogP contribution >= 0.6 is 22.9 Å². The maximum Gasteiger partial charge on any atom is 0.347 e. The highest BCUT2D eigenvalue weighted by atomic mass is 35.5. The van der Waals surface area contributed by atoms with Crippen LogP contribution in [0.25, 0.3) is 0 Å². The Kier molecular flexibility index (Phi) is 3.22. The smallest absolute Gasteiger partial charge is 0.347 e. The summed E-state index contributed by atoms with van der Waals surface area (Å²) in [6.45, 7) is 4.18. The first-order valence-electron chi connectivity index (χ1n) is 7.52. The van der Waals surface area contributed by atoms with Gasteiger partial charge >= 0.3 is 11.7 Å². The summed E-state index contributed by atoms with van der Waals surface area (Å²) >= 11 is 7.36. The molecule has 122 valence electrons. The lowest BCUT2D eigenvalue weighted by molar-refractivity contribution is -0.148. The van der Waals surface area contributed by atoms with Gasteiger partial charge in [-0.15, -0.1) is 11.3 Å². The lowest BCUT2D eigenvalue weighted by Crippen LogP contribution is -2.39. The molecule has 0 aromatic carbocycles. The third-order valence-electron chi connectivity index (χ3n) is 4.71. The molecule has 0 radical (unpaired) electrons. The molecule has 8 heteroatoms. The molecular formula is C15H16ClN3O3S. The Balaban J connectivity index is 1.75. The average molecular weight is 354 g/mol. The van der Waals surface area contributed by atoms with E-state index >= 15 is 0 Å². The Morgan fingerprint density at radius 3 is 2.91 bits per heavy atom. The molecule has 4 heterocycles. The summed E-state index contributed by atoms with van der Waals surface area (Å²) in [6.07, 6.45) is 1.47. The van der Waals surface area contributed by atoms with E-state index in [4.69, 9.17) is 16.3 Å². The van der Waals surface area contributed by atoms with Crippen molar-refractivity contribution in [1.82, 2.24) is 14.3 Å². The first-order valence-corrected chi connectivity index (χ1v) is 8.71. The van der Waals surface area contributed by atoms with Gasteiger partial charge in [-0.3, -0.25) is 4.57 Å². The highest BCUT2D eigenvalue weighted by Crippen LogP contribution is 2.44. The lowest BCUT2D eigenvalue weighted by Gasteiger charge is -2.29. The van der Waals surface area contributed by atoms with Crippen LogP contribution in [-0.4, -0.2) is 25.9 Å². The fourth-order valence-corrected chi connectivity index (χ4v) is 4.69. The number of carbonyl (C=O) groups excluding carboxylic acids is 1. The van der Waals surface area contributed by atoms with Gasteiger partial charge in [-0.05, 0) is 32.4 Å². The fourth-order valence-electron chi connectivity index (χ4n) is 3.62. The molecule has 23 heavy (non-hydrogen) atoms. The minimum absolute atomic E-state index is 0.00836. The number of aromatic nitrogens is 3. The van der Waals surface area contributed by atoms with Crippen LogP contribution in [0, 0.1) is 5.92 Å². The number of fused-ring (bicyclic) bond motifs is 3. The molecule has 2 atom stereocenters. The van der Waals surface area contributed by atoms with Gasteiger partial charge in [-0.1, -0.05) is 11.6 Å². The van der Waals surface area contributed by atoms with Gasteiger partial charge in [0.25, 0.3) is 0 Å². The van der Waals surface area contributed by atoms with Gasteiger partial charge in [0.05, 0.1) is 10.9 Å². The summed E-state index contributed by atoms with van der Waals surface area (Å²) in [5.74, 6) is 0.337. The molecule has 2 unspecified atom stereocenters. The predicted octanol–water partition coefficient (Wildman–Crippen LogP) is 2.25. The van der Waals surface area contributed by atoms with Crippen LogP contribution < -0.4 is 5.69 Å².